The van der Waals surface area contributed by atoms with E-state index in [9.17, 15) is 9.18 Å². The first kappa shape index (κ1) is 17.9. The molecule has 0 radical (unpaired) electrons. The number of hydrogen-bond acceptors (Lipinski definition) is 3. The number of aryl methyl sites for hydroxylation is 1. The van der Waals surface area contributed by atoms with Crippen molar-refractivity contribution in [2.45, 2.75) is 19.4 Å². The average molecular weight is 331 g/mol. The number of benzene rings is 2. The van der Waals surface area contributed by atoms with Gasteiger partial charge in [0.2, 0.25) is 0 Å². The zero-order valence-electron chi connectivity index (χ0n) is 14.1. The molecule has 0 aliphatic rings. The van der Waals surface area contributed by atoms with Gasteiger partial charge in [-0.25, -0.2) is 4.39 Å². The van der Waals surface area contributed by atoms with Crippen LogP contribution in [0.15, 0.2) is 48.5 Å². The molecule has 24 heavy (non-hydrogen) atoms. The first-order valence-electron chi connectivity index (χ1n) is 7.71. The summed E-state index contributed by atoms with van der Waals surface area (Å²) in [6.07, 6.45) is 0. The lowest BCUT2D eigenvalue weighted by atomic mass is 9.95. The molecule has 4 nitrogen and oxygen atoms in total. The Kier molecular flexibility index (Phi) is 5.93. The summed E-state index contributed by atoms with van der Waals surface area (Å²) in [4.78, 5) is 12.0. The van der Waals surface area contributed by atoms with Crippen LogP contribution in [0.5, 0.6) is 5.75 Å². The normalized spacial score (nSPS) is 13.2. The van der Waals surface area contributed by atoms with Crippen LogP contribution in [0.3, 0.4) is 0 Å². The van der Waals surface area contributed by atoms with E-state index in [1.807, 2.05) is 25.1 Å². The highest BCUT2D eigenvalue weighted by Crippen LogP contribution is 2.26. The standard InChI is InChI=1S/C19H22FNO3/c1-14-8-4-7-11-17(14)24-12-18(22)21-13-19(2,23-3)15-9-5-6-10-16(15)20/h4-11H,12-13H2,1-3H3,(H,21,22). The van der Waals surface area contributed by atoms with E-state index in [2.05, 4.69) is 5.32 Å². The van der Waals surface area contributed by atoms with Gasteiger partial charge in [0.25, 0.3) is 5.91 Å². The Morgan fingerprint density at radius 2 is 1.83 bits per heavy atom. The van der Waals surface area contributed by atoms with Gasteiger partial charge in [-0.1, -0.05) is 36.4 Å². The fraction of sp³-hybridized carbons (Fsp3) is 0.316. The summed E-state index contributed by atoms with van der Waals surface area (Å²) in [5.41, 5.74) is 0.398. The van der Waals surface area contributed by atoms with Crippen molar-refractivity contribution in [2.24, 2.45) is 0 Å². The van der Waals surface area contributed by atoms with Crippen LogP contribution in [0.2, 0.25) is 0 Å². The molecule has 1 amide bonds. The zero-order chi connectivity index (χ0) is 17.6. The molecule has 1 unspecified atom stereocenters. The molecule has 0 saturated carbocycles. The Morgan fingerprint density at radius 1 is 1.17 bits per heavy atom. The SMILES string of the molecule is COC(C)(CNC(=O)COc1ccccc1C)c1ccccc1F. The van der Waals surface area contributed by atoms with E-state index < -0.39 is 5.60 Å². The highest BCUT2D eigenvalue weighted by Gasteiger charge is 2.29. The van der Waals surface area contributed by atoms with Gasteiger partial charge in [-0.3, -0.25) is 4.79 Å². The smallest absolute Gasteiger partial charge is 0.258 e. The maximum Gasteiger partial charge on any atom is 0.258 e. The summed E-state index contributed by atoms with van der Waals surface area (Å²) in [6.45, 7) is 3.67. The number of methoxy groups -OCH3 is 1. The molecule has 0 bridgehead atoms. The van der Waals surface area contributed by atoms with Crippen LogP contribution in [0.4, 0.5) is 4.39 Å². The lowest BCUT2D eigenvalue weighted by Crippen LogP contribution is -2.42. The van der Waals surface area contributed by atoms with Gasteiger partial charge in [0.1, 0.15) is 17.2 Å². The third kappa shape index (κ3) is 4.32. The molecule has 5 heteroatoms. The van der Waals surface area contributed by atoms with Crippen molar-refractivity contribution in [1.29, 1.82) is 0 Å². The fourth-order valence-electron chi connectivity index (χ4n) is 2.35. The molecule has 0 heterocycles. The number of carbonyl (C=O) groups excluding carboxylic acids is 1. The Bertz CT molecular complexity index is 705. The first-order chi connectivity index (χ1) is 11.5. The minimum Gasteiger partial charge on any atom is -0.484 e. The van der Waals surface area contributed by atoms with Crippen molar-refractivity contribution in [3.05, 3.63) is 65.5 Å². The first-order valence-corrected chi connectivity index (χ1v) is 7.71. The van der Waals surface area contributed by atoms with Gasteiger partial charge >= 0.3 is 0 Å². The van der Waals surface area contributed by atoms with Crippen molar-refractivity contribution >= 4 is 5.91 Å². The van der Waals surface area contributed by atoms with Crippen molar-refractivity contribution in [3.8, 4) is 5.75 Å². The lowest BCUT2D eigenvalue weighted by Gasteiger charge is -2.29. The van der Waals surface area contributed by atoms with Crippen LogP contribution in [0.25, 0.3) is 0 Å². The quantitative estimate of drug-likeness (QED) is 0.847. The maximum absolute atomic E-state index is 14.0. The van der Waals surface area contributed by atoms with E-state index in [1.54, 1.807) is 31.2 Å². The molecular formula is C19H22FNO3. The molecule has 2 aromatic rings. The Balaban J connectivity index is 1.94. The number of ether oxygens (including phenoxy) is 2. The van der Waals surface area contributed by atoms with Gasteiger partial charge in [0, 0.05) is 12.7 Å². The van der Waals surface area contributed by atoms with Gasteiger partial charge in [-0.2, -0.15) is 0 Å². The molecule has 2 aromatic carbocycles. The van der Waals surface area contributed by atoms with E-state index in [-0.39, 0.29) is 24.9 Å². The minimum absolute atomic E-state index is 0.109. The third-order valence-corrected chi connectivity index (χ3v) is 3.97. The van der Waals surface area contributed by atoms with Crippen LogP contribution in [-0.4, -0.2) is 26.2 Å². The lowest BCUT2D eigenvalue weighted by molar-refractivity contribution is -0.124. The fourth-order valence-corrected chi connectivity index (χ4v) is 2.35. The van der Waals surface area contributed by atoms with Gasteiger partial charge < -0.3 is 14.8 Å². The second kappa shape index (κ2) is 7.93. The zero-order valence-corrected chi connectivity index (χ0v) is 14.1. The maximum atomic E-state index is 14.0. The monoisotopic (exact) mass is 331 g/mol. The average Bonchev–Trinajstić information content (AvgIpc) is 2.59. The van der Waals surface area contributed by atoms with E-state index in [1.165, 1.54) is 13.2 Å². The second-order valence-electron chi connectivity index (χ2n) is 5.75. The molecule has 1 N–H and O–H groups in total. The van der Waals surface area contributed by atoms with E-state index in [0.717, 1.165) is 5.56 Å². The van der Waals surface area contributed by atoms with Crippen LogP contribution in [0, 0.1) is 12.7 Å². The van der Waals surface area contributed by atoms with Gasteiger partial charge in [0.05, 0.1) is 6.54 Å². The largest absolute Gasteiger partial charge is 0.484 e. The topological polar surface area (TPSA) is 47.6 Å². The number of halogens is 1. The minimum atomic E-state index is -0.955. The van der Waals surface area contributed by atoms with E-state index in [0.29, 0.717) is 11.3 Å². The highest BCUT2D eigenvalue weighted by atomic mass is 19.1. The number of nitrogens with one attached hydrogen (secondary N) is 1. The molecule has 0 spiro atoms. The molecule has 0 aliphatic heterocycles. The molecule has 128 valence electrons. The van der Waals surface area contributed by atoms with Crippen LogP contribution < -0.4 is 10.1 Å². The molecule has 0 saturated heterocycles. The van der Waals surface area contributed by atoms with Gasteiger partial charge in [-0.15, -0.1) is 0 Å². The van der Waals surface area contributed by atoms with Crippen molar-refractivity contribution < 1.29 is 18.7 Å². The number of para-hydroxylation sites is 1. The van der Waals surface area contributed by atoms with Crippen molar-refractivity contribution in [1.82, 2.24) is 5.32 Å². The Labute approximate surface area is 141 Å². The summed E-state index contributed by atoms with van der Waals surface area (Å²) in [5, 5.41) is 2.73. The summed E-state index contributed by atoms with van der Waals surface area (Å²) in [5.74, 6) is 0.00128. The number of rotatable bonds is 7. The molecule has 0 fully saturated rings. The van der Waals surface area contributed by atoms with Crippen LogP contribution in [-0.2, 0) is 15.1 Å². The Morgan fingerprint density at radius 3 is 2.50 bits per heavy atom. The van der Waals surface area contributed by atoms with Gasteiger partial charge in [0.15, 0.2) is 6.61 Å². The van der Waals surface area contributed by atoms with Crippen molar-refractivity contribution in [2.75, 3.05) is 20.3 Å². The highest BCUT2D eigenvalue weighted by molar-refractivity contribution is 5.77. The third-order valence-electron chi connectivity index (χ3n) is 3.97. The number of carbonyl (C=O) groups is 1. The number of amides is 1. The van der Waals surface area contributed by atoms with Gasteiger partial charge in [-0.05, 0) is 31.5 Å². The second-order valence-corrected chi connectivity index (χ2v) is 5.75. The summed E-state index contributed by atoms with van der Waals surface area (Å²) < 4.78 is 24.9. The predicted octanol–water partition coefficient (Wildman–Crippen LogP) is 3.19. The molecule has 2 rings (SSSR count). The predicted molar refractivity (Wildman–Crippen MR) is 90.4 cm³/mol. The molecule has 0 aromatic heterocycles. The molecular weight excluding hydrogens is 309 g/mol. The molecule has 1 atom stereocenters. The molecule has 0 aliphatic carbocycles. The summed E-state index contributed by atoms with van der Waals surface area (Å²) >= 11 is 0. The van der Waals surface area contributed by atoms with E-state index in [4.69, 9.17) is 9.47 Å². The Hall–Kier alpha value is -2.40. The van der Waals surface area contributed by atoms with Crippen LogP contribution in [0.1, 0.15) is 18.1 Å². The number of hydrogen-bond donors (Lipinski definition) is 1. The van der Waals surface area contributed by atoms with E-state index >= 15 is 0 Å². The summed E-state index contributed by atoms with van der Waals surface area (Å²) in [6, 6.07) is 13.8. The summed E-state index contributed by atoms with van der Waals surface area (Å²) in [7, 11) is 1.49. The van der Waals surface area contributed by atoms with Crippen molar-refractivity contribution in [3.63, 3.8) is 0 Å². The van der Waals surface area contributed by atoms with Crippen LogP contribution >= 0.6 is 0 Å².